The molecule has 1 aromatic rings. The Morgan fingerprint density at radius 2 is 2.00 bits per heavy atom. The molecule has 1 amide bonds. The van der Waals surface area contributed by atoms with Gasteiger partial charge >= 0.3 is 0 Å². The van der Waals surface area contributed by atoms with Gasteiger partial charge in [-0.1, -0.05) is 11.6 Å². The standard InChI is InChI=1S/C14H18ClN3O/c15-8-1-4-13(12(5-8)14(16)19)18-11-6-9-2-3-10(7-11)17-9/h1,4-5,9-11,17-18H,2-3,6-7H2,(H2,16,19). The zero-order valence-corrected chi connectivity index (χ0v) is 11.4. The lowest BCUT2D eigenvalue weighted by atomic mass is 9.99. The van der Waals surface area contributed by atoms with Crippen LogP contribution in [0.3, 0.4) is 0 Å². The smallest absolute Gasteiger partial charge is 0.250 e. The lowest BCUT2D eigenvalue weighted by molar-refractivity contribution is 0.100. The Morgan fingerprint density at radius 3 is 2.63 bits per heavy atom. The fourth-order valence-electron chi connectivity index (χ4n) is 3.24. The fourth-order valence-corrected chi connectivity index (χ4v) is 3.41. The van der Waals surface area contributed by atoms with Crippen LogP contribution in [0.15, 0.2) is 18.2 Å². The highest BCUT2D eigenvalue weighted by molar-refractivity contribution is 6.31. The van der Waals surface area contributed by atoms with Crippen LogP contribution in [-0.2, 0) is 0 Å². The molecule has 2 unspecified atom stereocenters. The molecular weight excluding hydrogens is 262 g/mol. The van der Waals surface area contributed by atoms with Crippen LogP contribution in [0.25, 0.3) is 0 Å². The van der Waals surface area contributed by atoms with Crippen molar-refractivity contribution in [3.63, 3.8) is 0 Å². The number of carbonyl (C=O) groups is 1. The molecule has 4 N–H and O–H groups in total. The first kappa shape index (κ1) is 12.8. The number of amides is 1. The van der Waals surface area contributed by atoms with E-state index in [1.807, 2.05) is 6.07 Å². The van der Waals surface area contributed by atoms with Gasteiger partial charge in [0, 0.05) is 28.8 Å². The van der Waals surface area contributed by atoms with Gasteiger partial charge in [-0.3, -0.25) is 4.79 Å². The predicted octanol–water partition coefficient (Wildman–Crippen LogP) is 2.13. The summed E-state index contributed by atoms with van der Waals surface area (Å²) in [5.41, 5.74) is 6.67. The van der Waals surface area contributed by atoms with E-state index < -0.39 is 5.91 Å². The second-order valence-corrected chi connectivity index (χ2v) is 5.94. The molecule has 2 atom stereocenters. The quantitative estimate of drug-likeness (QED) is 0.794. The third-order valence-electron chi connectivity index (χ3n) is 4.08. The molecule has 2 heterocycles. The summed E-state index contributed by atoms with van der Waals surface area (Å²) < 4.78 is 0. The number of nitrogens with one attached hydrogen (secondary N) is 2. The van der Waals surface area contributed by atoms with Gasteiger partial charge in [-0.2, -0.15) is 0 Å². The Kier molecular flexibility index (Phi) is 3.37. The fraction of sp³-hybridized carbons (Fsp3) is 0.500. The third kappa shape index (κ3) is 2.69. The number of hydrogen-bond acceptors (Lipinski definition) is 3. The van der Waals surface area contributed by atoms with Crippen LogP contribution in [0.1, 0.15) is 36.0 Å². The van der Waals surface area contributed by atoms with Crippen molar-refractivity contribution >= 4 is 23.2 Å². The average Bonchev–Trinajstić information content (AvgIpc) is 2.71. The van der Waals surface area contributed by atoms with Crippen LogP contribution in [0.5, 0.6) is 0 Å². The molecule has 3 rings (SSSR count). The molecule has 0 aliphatic carbocycles. The minimum atomic E-state index is -0.443. The number of halogens is 1. The minimum absolute atomic E-state index is 0.401. The summed E-state index contributed by atoms with van der Waals surface area (Å²) >= 11 is 5.91. The first-order valence-electron chi connectivity index (χ1n) is 6.74. The second kappa shape index (κ2) is 5.02. The number of primary amides is 1. The minimum Gasteiger partial charge on any atom is -0.382 e. The van der Waals surface area contributed by atoms with E-state index in [9.17, 15) is 4.79 Å². The van der Waals surface area contributed by atoms with Gasteiger partial charge in [-0.05, 0) is 43.9 Å². The Balaban J connectivity index is 1.78. The number of rotatable bonds is 3. The van der Waals surface area contributed by atoms with E-state index in [4.69, 9.17) is 17.3 Å². The van der Waals surface area contributed by atoms with Gasteiger partial charge in [-0.15, -0.1) is 0 Å². The Hall–Kier alpha value is -1.26. The highest BCUT2D eigenvalue weighted by Gasteiger charge is 2.33. The topological polar surface area (TPSA) is 67.2 Å². The van der Waals surface area contributed by atoms with Crippen molar-refractivity contribution in [3.8, 4) is 0 Å². The van der Waals surface area contributed by atoms with Crippen LogP contribution >= 0.6 is 11.6 Å². The summed E-state index contributed by atoms with van der Waals surface area (Å²) in [5.74, 6) is -0.443. The predicted molar refractivity (Wildman–Crippen MR) is 76.6 cm³/mol. The first-order chi connectivity index (χ1) is 9.11. The number of nitrogens with two attached hydrogens (primary N) is 1. The van der Waals surface area contributed by atoms with Crippen LogP contribution in [0.2, 0.25) is 5.02 Å². The SMILES string of the molecule is NC(=O)c1cc(Cl)ccc1NC1CC2CCC(C1)N2. The van der Waals surface area contributed by atoms with Crippen molar-refractivity contribution in [2.45, 2.75) is 43.8 Å². The van der Waals surface area contributed by atoms with E-state index in [0.29, 0.717) is 28.7 Å². The van der Waals surface area contributed by atoms with Crippen LogP contribution in [0.4, 0.5) is 5.69 Å². The molecule has 0 saturated carbocycles. The maximum Gasteiger partial charge on any atom is 0.250 e. The molecule has 2 saturated heterocycles. The first-order valence-corrected chi connectivity index (χ1v) is 7.11. The van der Waals surface area contributed by atoms with Crippen molar-refractivity contribution in [2.75, 3.05) is 5.32 Å². The summed E-state index contributed by atoms with van der Waals surface area (Å²) in [6, 6.07) is 6.87. The van der Waals surface area contributed by atoms with E-state index in [2.05, 4.69) is 10.6 Å². The van der Waals surface area contributed by atoms with Gasteiger partial charge in [0.25, 0.3) is 5.91 Å². The molecule has 0 spiro atoms. The molecule has 102 valence electrons. The van der Waals surface area contributed by atoms with E-state index in [0.717, 1.165) is 18.5 Å². The Labute approximate surface area is 117 Å². The molecule has 2 fully saturated rings. The lowest BCUT2D eigenvalue weighted by Crippen LogP contribution is -2.43. The second-order valence-electron chi connectivity index (χ2n) is 5.50. The summed E-state index contributed by atoms with van der Waals surface area (Å²) in [7, 11) is 0. The highest BCUT2D eigenvalue weighted by atomic mass is 35.5. The molecule has 1 aromatic carbocycles. The van der Waals surface area contributed by atoms with Gasteiger partial charge in [0.1, 0.15) is 0 Å². The average molecular weight is 280 g/mol. The van der Waals surface area contributed by atoms with E-state index >= 15 is 0 Å². The zero-order chi connectivity index (χ0) is 13.4. The number of carbonyl (C=O) groups excluding carboxylic acids is 1. The van der Waals surface area contributed by atoms with Crippen molar-refractivity contribution in [3.05, 3.63) is 28.8 Å². The summed E-state index contributed by atoms with van der Waals surface area (Å²) in [5, 5.41) is 7.59. The van der Waals surface area contributed by atoms with E-state index in [-0.39, 0.29) is 0 Å². The zero-order valence-electron chi connectivity index (χ0n) is 10.7. The number of anilines is 1. The monoisotopic (exact) mass is 279 g/mol. The molecule has 0 radical (unpaired) electrons. The molecular formula is C14H18ClN3O. The molecule has 0 aromatic heterocycles. The number of piperidine rings is 1. The van der Waals surface area contributed by atoms with Crippen LogP contribution in [0, 0.1) is 0 Å². The molecule has 2 bridgehead atoms. The third-order valence-corrected chi connectivity index (χ3v) is 4.31. The van der Waals surface area contributed by atoms with Crippen LogP contribution < -0.4 is 16.4 Å². The molecule has 2 aliphatic rings. The maximum absolute atomic E-state index is 11.5. The number of benzene rings is 1. The Morgan fingerprint density at radius 1 is 1.32 bits per heavy atom. The van der Waals surface area contributed by atoms with E-state index in [1.165, 1.54) is 12.8 Å². The van der Waals surface area contributed by atoms with Gasteiger partial charge in [-0.25, -0.2) is 0 Å². The number of fused-ring (bicyclic) bond motifs is 2. The normalized spacial score (nSPS) is 29.2. The van der Waals surface area contributed by atoms with Crippen LogP contribution in [-0.4, -0.2) is 24.0 Å². The van der Waals surface area contributed by atoms with Crippen molar-refractivity contribution < 1.29 is 4.79 Å². The summed E-state index contributed by atoms with van der Waals surface area (Å²) in [4.78, 5) is 11.5. The Bertz CT molecular complexity index is 493. The van der Waals surface area contributed by atoms with E-state index in [1.54, 1.807) is 12.1 Å². The van der Waals surface area contributed by atoms with Crippen molar-refractivity contribution in [2.24, 2.45) is 5.73 Å². The molecule has 19 heavy (non-hydrogen) atoms. The molecule has 2 aliphatic heterocycles. The lowest BCUT2D eigenvalue weighted by Gasteiger charge is -2.30. The summed E-state index contributed by atoms with van der Waals surface area (Å²) in [6.07, 6.45) is 4.70. The van der Waals surface area contributed by atoms with Crippen molar-refractivity contribution in [1.29, 1.82) is 0 Å². The van der Waals surface area contributed by atoms with Gasteiger partial charge < -0.3 is 16.4 Å². The van der Waals surface area contributed by atoms with Crippen molar-refractivity contribution in [1.82, 2.24) is 5.32 Å². The summed E-state index contributed by atoms with van der Waals surface area (Å²) in [6.45, 7) is 0. The van der Waals surface area contributed by atoms with Gasteiger partial charge in [0.15, 0.2) is 0 Å². The molecule has 4 nitrogen and oxygen atoms in total. The maximum atomic E-state index is 11.5. The number of hydrogen-bond donors (Lipinski definition) is 3. The largest absolute Gasteiger partial charge is 0.382 e. The highest BCUT2D eigenvalue weighted by Crippen LogP contribution is 2.30. The van der Waals surface area contributed by atoms with Gasteiger partial charge in [0.2, 0.25) is 0 Å². The molecule has 5 heteroatoms. The van der Waals surface area contributed by atoms with Gasteiger partial charge in [0.05, 0.1) is 5.56 Å².